The molecule has 0 bridgehead atoms. The summed E-state index contributed by atoms with van der Waals surface area (Å²) in [5, 5.41) is 5.99. The van der Waals surface area contributed by atoms with Crippen molar-refractivity contribution in [2.75, 3.05) is 26.8 Å². The topological polar surface area (TPSA) is 59.6 Å². The van der Waals surface area contributed by atoms with E-state index in [0.717, 1.165) is 11.3 Å². The molecule has 1 aromatic carbocycles. The van der Waals surface area contributed by atoms with Gasteiger partial charge in [0, 0.05) is 13.1 Å². The molecule has 0 atom stereocenters. The average Bonchev–Trinajstić information content (AvgIpc) is 2.46. The molecule has 0 aliphatic heterocycles. The van der Waals surface area contributed by atoms with Gasteiger partial charge in [-0.15, -0.1) is 0 Å². The molecule has 0 aromatic heterocycles. The summed E-state index contributed by atoms with van der Waals surface area (Å²) >= 11 is 0. The Labute approximate surface area is 127 Å². The van der Waals surface area contributed by atoms with E-state index in [9.17, 15) is 4.79 Å². The molecule has 2 N–H and O–H groups in total. The number of methoxy groups -OCH3 is 1. The van der Waals surface area contributed by atoms with Gasteiger partial charge >= 0.3 is 0 Å². The molecule has 0 radical (unpaired) electrons. The second kappa shape index (κ2) is 9.23. The second-order valence-electron chi connectivity index (χ2n) is 5.22. The third kappa shape index (κ3) is 6.49. The lowest BCUT2D eigenvalue weighted by atomic mass is 10.2. The van der Waals surface area contributed by atoms with Crippen LogP contribution in [0.1, 0.15) is 26.3 Å². The second-order valence-corrected chi connectivity index (χ2v) is 5.22. The van der Waals surface area contributed by atoms with Crippen molar-refractivity contribution in [1.29, 1.82) is 0 Å². The van der Waals surface area contributed by atoms with Gasteiger partial charge in [-0.25, -0.2) is 0 Å². The maximum Gasteiger partial charge on any atom is 0.233 e. The summed E-state index contributed by atoms with van der Waals surface area (Å²) in [6.07, 6.45) is 0. The summed E-state index contributed by atoms with van der Waals surface area (Å²) in [4.78, 5) is 11.6. The van der Waals surface area contributed by atoms with Crippen LogP contribution in [0.5, 0.6) is 11.5 Å². The number of carbonyl (C=O) groups excluding carboxylic acids is 1. The third-order valence-electron chi connectivity index (χ3n) is 2.85. The highest BCUT2D eigenvalue weighted by molar-refractivity contribution is 5.77. The molecule has 118 valence electrons. The van der Waals surface area contributed by atoms with Gasteiger partial charge in [-0.1, -0.05) is 19.9 Å². The molecule has 5 heteroatoms. The Kier molecular flexibility index (Phi) is 7.61. The Morgan fingerprint density at radius 1 is 1.29 bits per heavy atom. The number of rotatable bonds is 9. The Bertz CT molecular complexity index is 447. The first-order valence-corrected chi connectivity index (χ1v) is 7.34. The van der Waals surface area contributed by atoms with Crippen molar-refractivity contribution in [3.05, 3.63) is 23.8 Å². The lowest BCUT2D eigenvalue weighted by Gasteiger charge is -2.12. The van der Waals surface area contributed by atoms with Crippen molar-refractivity contribution in [2.45, 2.75) is 27.3 Å². The van der Waals surface area contributed by atoms with Crippen LogP contribution < -0.4 is 20.1 Å². The summed E-state index contributed by atoms with van der Waals surface area (Å²) in [5.41, 5.74) is 1.05. The molecule has 0 aliphatic carbocycles. The van der Waals surface area contributed by atoms with Crippen LogP contribution in [0.4, 0.5) is 0 Å². The van der Waals surface area contributed by atoms with Gasteiger partial charge in [-0.05, 0) is 30.5 Å². The van der Waals surface area contributed by atoms with Gasteiger partial charge in [0.2, 0.25) is 5.91 Å². The van der Waals surface area contributed by atoms with Crippen molar-refractivity contribution < 1.29 is 14.3 Å². The molecular formula is C16H26N2O3. The van der Waals surface area contributed by atoms with Crippen molar-refractivity contribution in [3.8, 4) is 11.5 Å². The van der Waals surface area contributed by atoms with E-state index in [1.165, 1.54) is 0 Å². The number of hydrogen-bond donors (Lipinski definition) is 2. The Balaban J connectivity index is 2.43. The van der Waals surface area contributed by atoms with Crippen LogP contribution in [0.15, 0.2) is 18.2 Å². The molecule has 1 amide bonds. The minimum Gasteiger partial charge on any atom is -0.493 e. The standard InChI is InChI=1S/C16H26N2O3/c1-5-21-14-7-6-13(8-15(14)20-4)10-17-11-16(19)18-9-12(2)3/h6-8,12,17H,5,9-11H2,1-4H3,(H,18,19). The minimum atomic E-state index is 0.0154. The molecule has 0 heterocycles. The van der Waals surface area contributed by atoms with Crippen LogP contribution in [0.25, 0.3) is 0 Å². The molecule has 1 aromatic rings. The van der Waals surface area contributed by atoms with Crippen molar-refractivity contribution in [1.82, 2.24) is 10.6 Å². The van der Waals surface area contributed by atoms with Crippen molar-refractivity contribution in [2.24, 2.45) is 5.92 Å². The highest BCUT2D eigenvalue weighted by Gasteiger charge is 2.06. The Hall–Kier alpha value is -1.75. The SMILES string of the molecule is CCOc1ccc(CNCC(=O)NCC(C)C)cc1OC. The van der Waals surface area contributed by atoms with Crippen LogP contribution in [-0.4, -0.2) is 32.7 Å². The first kappa shape index (κ1) is 17.3. The van der Waals surface area contributed by atoms with E-state index in [4.69, 9.17) is 9.47 Å². The highest BCUT2D eigenvalue weighted by atomic mass is 16.5. The lowest BCUT2D eigenvalue weighted by Crippen LogP contribution is -2.35. The summed E-state index contributed by atoms with van der Waals surface area (Å²) < 4.78 is 10.8. The normalized spacial score (nSPS) is 10.5. The van der Waals surface area contributed by atoms with Crippen LogP contribution in [0.3, 0.4) is 0 Å². The monoisotopic (exact) mass is 294 g/mol. The van der Waals surface area contributed by atoms with E-state index >= 15 is 0 Å². The van der Waals surface area contributed by atoms with Crippen LogP contribution in [0.2, 0.25) is 0 Å². The Morgan fingerprint density at radius 2 is 2.05 bits per heavy atom. The van der Waals surface area contributed by atoms with Gasteiger partial charge in [0.15, 0.2) is 11.5 Å². The van der Waals surface area contributed by atoms with Crippen LogP contribution >= 0.6 is 0 Å². The van der Waals surface area contributed by atoms with Crippen molar-refractivity contribution >= 4 is 5.91 Å². The summed E-state index contributed by atoms with van der Waals surface area (Å²) in [5.74, 6) is 1.92. The Morgan fingerprint density at radius 3 is 2.67 bits per heavy atom. The van der Waals surface area contributed by atoms with Gasteiger partial charge in [-0.2, -0.15) is 0 Å². The fourth-order valence-corrected chi connectivity index (χ4v) is 1.80. The minimum absolute atomic E-state index is 0.0154. The molecular weight excluding hydrogens is 268 g/mol. The molecule has 0 saturated carbocycles. The van der Waals surface area contributed by atoms with Crippen molar-refractivity contribution in [3.63, 3.8) is 0 Å². The molecule has 1 rings (SSSR count). The van der Waals surface area contributed by atoms with E-state index < -0.39 is 0 Å². The molecule has 5 nitrogen and oxygen atoms in total. The molecule has 0 unspecified atom stereocenters. The number of benzene rings is 1. The third-order valence-corrected chi connectivity index (χ3v) is 2.85. The van der Waals surface area contributed by atoms with E-state index in [-0.39, 0.29) is 5.91 Å². The summed E-state index contributed by atoms with van der Waals surface area (Å²) in [6.45, 7) is 8.30. The van der Waals surface area contributed by atoms with E-state index in [1.54, 1.807) is 7.11 Å². The van der Waals surface area contributed by atoms with E-state index in [1.807, 2.05) is 25.1 Å². The van der Waals surface area contributed by atoms with Gasteiger partial charge < -0.3 is 20.1 Å². The average molecular weight is 294 g/mol. The van der Waals surface area contributed by atoms with Gasteiger partial charge in [-0.3, -0.25) is 4.79 Å². The van der Waals surface area contributed by atoms with E-state index in [2.05, 4.69) is 24.5 Å². The predicted octanol–water partition coefficient (Wildman–Crippen LogP) is 1.96. The molecule has 0 aliphatic rings. The number of amides is 1. The number of nitrogens with one attached hydrogen (secondary N) is 2. The number of ether oxygens (including phenoxy) is 2. The maximum absolute atomic E-state index is 11.6. The predicted molar refractivity (Wildman–Crippen MR) is 83.7 cm³/mol. The zero-order chi connectivity index (χ0) is 15.7. The van der Waals surface area contributed by atoms with Crippen LogP contribution in [0, 0.1) is 5.92 Å². The lowest BCUT2D eigenvalue weighted by molar-refractivity contribution is -0.120. The highest BCUT2D eigenvalue weighted by Crippen LogP contribution is 2.27. The molecule has 0 saturated heterocycles. The molecule has 0 fully saturated rings. The van der Waals surface area contributed by atoms with Crippen LogP contribution in [-0.2, 0) is 11.3 Å². The first-order valence-electron chi connectivity index (χ1n) is 7.34. The summed E-state index contributed by atoms with van der Waals surface area (Å²) in [7, 11) is 1.62. The smallest absolute Gasteiger partial charge is 0.233 e. The fraction of sp³-hybridized carbons (Fsp3) is 0.562. The number of hydrogen-bond acceptors (Lipinski definition) is 4. The molecule has 21 heavy (non-hydrogen) atoms. The maximum atomic E-state index is 11.6. The first-order chi connectivity index (χ1) is 10.1. The van der Waals surface area contributed by atoms with E-state index in [0.29, 0.717) is 37.9 Å². The number of carbonyl (C=O) groups is 1. The van der Waals surface area contributed by atoms with Gasteiger partial charge in [0.05, 0.1) is 20.3 Å². The quantitative estimate of drug-likeness (QED) is 0.731. The largest absolute Gasteiger partial charge is 0.493 e. The zero-order valence-electron chi connectivity index (χ0n) is 13.4. The zero-order valence-corrected chi connectivity index (χ0v) is 13.4. The fourth-order valence-electron chi connectivity index (χ4n) is 1.80. The van der Waals surface area contributed by atoms with Gasteiger partial charge in [0.25, 0.3) is 0 Å². The molecule has 0 spiro atoms. The summed E-state index contributed by atoms with van der Waals surface area (Å²) in [6, 6.07) is 5.77. The van der Waals surface area contributed by atoms with Gasteiger partial charge in [0.1, 0.15) is 0 Å².